The van der Waals surface area contributed by atoms with Crippen LogP contribution in [0.15, 0.2) is 243 Å². The number of amides is 5. The maximum atomic E-state index is 11.8. The first-order valence-electron chi connectivity index (χ1n) is 34.0. The number of fused-ring (bicyclic) bond motifs is 5. The van der Waals surface area contributed by atoms with Crippen LogP contribution >= 0.6 is 0 Å². The van der Waals surface area contributed by atoms with E-state index in [2.05, 4.69) is 81.3 Å². The number of nitrogens with one attached hydrogen (secondary N) is 5. The summed E-state index contributed by atoms with van der Waals surface area (Å²) < 4.78 is 11.2. The topological polar surface area (TPSA) is 493 Å². The van der Waals surface area contributed by atoms with Crippen molar-refractivity contribution in [1.29, 1.82) is 0 Å². The lowest BCUT2D eigenvalue weighted by molar-refractivity contribution is 0.0988. The van der Waals surface area contributed by atoms with Gasteiger partial charge in [0, 0.05) is 43.3 Å². The maximum Gasteiger partial charge on any atom is 0.271 e. The number of carbonyl (C=O) groups excluding carboxylic acids is 5. The number of hydrogen-bond donors (Lipinski definition) is 13. The minimum Gasteiger partial charge on any atom is -0.508 e. The molecule has 31 heteroatoms. The molecule has 554 valence electrons. The molecule has 16 rings (SSSR count). The Balaban J connectivity index is 0.000000131. The van der Waals surface area contributed by atoms with Crippen molar-refractivity contribution in [2.45, 2.75) is 0 Å². The fourth-order valence-electron chi connectivity index (χ4n) is 11.0. The number of para-hydroxylation sites is 13. The molecule has 31 nitrogen and oxygen atoms in total. The van der Waals surface area contributed by atoms with Crippen molar-refractivity contribution in [3.63, 3.8) is 0 Å². The minimum absolute atomic E-state index is 0.0250. The first-order valence-corrected chi connectivity index (χ1v) is 34.0. The smallest absolute Gasteiger partial charge is 0.271 e. The number of phenols is 2. The maximum absolute atomic E-state index is 11.8. The highest BCUT2D eigenvalue weighted by molar-refractivity contribution is 6.02. The number of benzene rings is 10. The normalized spacial score (nSPS) is 11.4. The molecule has 1 aliphatic rings. The summed E-state index contributed by atoms with van der Waals surface area (Å²) in [4.78, 5) is 103. The molecule has 0 bridgehead atoms. The van der Waals surface area contributed by atoms with E-state index in [0.717, 1.165) is 30.0 Å². The third kappa shape index (κ3) is 19.0. The van der Waals surface area contributed by atoms with Crippen LogP contribution in [0.25, 0.3) is 55.2 Å². The molecule has 0 radical (unpaired) electrons. The average Bonchev–Trinajstić information content (AvgIpc) is 0.819. The van der Waals surface area contributed by atoms with E-state index in [-0.39, 0.29) is 51.6 Å². The van der Waals surface area contributed by atoms with E-state index in [1.165, 1.54) is 18.2 Å². The number of aromatic nitrogens is 10. The third-order valence-electron chi connectivity index (χ3n) is 16.3. The molecule has 0 spiro atoms. The molecule has 1 fully saturated rings. The molecule has 0 unspecified atom stereocenters. The largest absolute Gasteiger partial charge is 0.508 e. The Labute approximate surface area is 631 Å². The molecular formula is C80H70N22O9. The predicted molar refractivity (Wildman–Crippen MR) is 426 cm³/mol. The summed E-state index contributed by atoms with van der Waals surface area (Å²) in [6.07, 6.45) is 0. The van der Waals surface area contributed by atoms with E-state index in [1.54, 1.807) is 85.9 Å². The fourth-order valence-corrected chi connectivity index (χ4v) is 11.0. The summed E-state index contributed by atoms with van der Waals surface area (Å²) in [5.74, 6) is -0.130. The van der Waals surface area contributed by atoms with Crippen LogP contribution in [0.4, 0.5) is 63.2 Å². The molecule has 15 aromatic rings. The Morgan fingerprint density at radius 3 is 1.09 bits per heavy atom. The molecular weight excluding hydrogens is 1410 g/mol. The number of carbonyl (C=O) groups is 5. The number of nitrogen functional groups attached to an aromatic ring is 1. The van der Waals surface area contributed by atoms with Crippen molar-refractivity contribution in [1.82, 2.24) is 49.8 Å². The van der Waals surface area contributed by atoms with Crippen LogP contribution in [0.5, 0.6) is 23.0 Å². The van der Waals surface area contributed by atoms with Gasteiger partial charge in [-0.15, -0.1) is 0 Å². The monoisotopic (exact) mass is 1480 g/mol. The van der Waals surface area contributed by atoms with Crippen LogP contribution < -0.4 is 70.6 Å². The van der Waals surface area contributed by atoms with Gasteiger partial charge in [-0.3, -0.25) is 24.0 Å². The molecule has 10 aromatic carbocycles. The standard InChI is InChI=1S/C21H16N4O2.C19H20N6O2.2C15H12N4O2.C10H10N4O/c22-20(26)19-21(25-18-12-5-4-11-17(18)24-19)23-14-7-6-10-16(13-14)27-15-8-2-1-3-9-15;20-13-11-12(5-6-16(13)25-7-9-27-10-8-25)22-19-17(18(21)26)23-14-3-1-2-4-15(14)24-19;16-14(21)13-15(19-11-7-3-4-8-12(11)20)18-10-6-2-1-5-9(10)17-13;16-14(21)13-15(17-9-5-7-10(20)8-6-9)19-12-4-2-1-3-11(12)18-13;1-12-10-8(9(11)15)13-6-4-2-3-5-7(6)14-10/h1-13H,(H2,22,26)(H,23,25);1-6,11H,7-10,20H2,(H2,21,26)(H,22,24);1-8,20H,(H2,16,21)(H,18,19);1-8,20H,(H2,16,21)(H,17,19);2-5H,1H3,(H2,11,15)(H,12,14). The van der Waals surface area contributed by atoms with Gasteiger partial charge in [-0.05, 0) is 140 Å². The number of phenolic OH excluding ortho intramolecular Hbond substituents is 2. The zero-order valence-corrected chi connectivity index (χ0v) is 59.1. The average molecular weight is 1480 g/mol. The first kappa shape index (κ1) is 74.9. The van der Waals surface area contributed by atoms with Gasteiger partial charge in [0.15, 0.2) is 57.6 Å². The van der Waals surface area contributed by atoms with Gasteiger partial charge in [-0.25, -0.2) is 49.8 Å². The molecule has 6 heterocycles. The highest BCUT2D eigenvalue weighted by atomic mass is 16.5. The molecule has 1 saturated heterocycles. The van der Waals surface area contributed by atoms with E-state index in [0.29, 0.717) is 115 Å². The van der Waals surface area contributed by atoms with Crippen LogP contribution in [-0.4, -0.2) is 123 Å². The second-order valence-corrected chi connectivity index (χ2v) is 24.0. The second-order valence-electron chi connectivity index (χ2n) is 24.0. The first-order chi connectivity index (χ1) is 53.8. The molecule has 0 atom stereocenters. The Bertz CT molecular complexity index is 5940. The van der Waals surface area contributed by atoms with Crippen LogP contribution in [-0.2, 0) is 4.74 Å². The van der Waals surface area contributed by atoms with Gasteiger partial charge in [0.2, 0.25) is 0 Å². The molecule has 5 aromatic heterocycles. The zero-order valence-electron chi connectivity index (χ0n) is 59.1. The zero-order chi connectivity index (χ0) is 77.9. The second kappa shape index (κ2) is 34.9. The van der Waals surface area contributed by atoms with Gasteiger partial charge in [0.25, 0.3) is 29.5 Å². The van der Waals surface area contributed by atoms with Crippen LogP contribution in [0.1, 0.15) is 52.4 Å². The van der Waals surface area contributed by atoms with Gasteiger partial charge < -0.3 is 85.6 Å². The third-order valence-corrected chi connectivity index (χ3v) is 16.3. The van der Waals surface area contributed by atoms with E-state index in [9.17, 15) is 34.2 Å². The predicted octanol–water partition coefficient (Wildman–Crippen LogP) is 11.3. The summed E-state index contributed by atoms with van der Waals surface area (Å²) in [6.45, 7) is 2.99. The number of nitrogens with zero attached hydrogens (tertiary/aromatic N) is 11. The lowest BCUT2D eigenvalue weighted by atomic mass is 10.2. The van der Waals surface area contributed by atoms with Crippen molar-refractivity contribution in [3.8, 4) is 23.0 Å². The quantitative estimate of drug-likeness (QED) is 0.0229. The summed E-state index contributed by atoms with van der Waals surface area (Å²) in [6, 6.07) is 71.8. The minimum atomic E-state index is -0.689. The van der Waals surface area contributed by atoms with Crippen molar-refractivity contribution >= 4 is 148 Å². The van der Waals surface area contributed by atoms with E-state index >= 15 is 0 Å². The van der Waals surface area contributed by atoms with Crippen LogP contribution in [0, 0.1) is 0 Å². The van der Waals surface area contributed by atoms with E-state index in [4.69, 9.17) is 43.9 Å². The number of anilines is 11. The summed E-state index contributed by atoms with van der Waals surface area (Å²) in [5, 5.41) is 34.0. The molecule has 1 aliphatic heterocycles. The summed E-state index contributed by atoms with van der Waals surface area (Å²) in [5.41, 5.74) is 44.1. The number of ether oxygens (including phenoxy) is 2. The Kier molecular flexibility index (Phi) is 23.5. The lowest BCUT2D eigenvalue weighted by Gasteiger charge is -2.30. The molecule has 0 saturated carbocycles. The lowest BCUT2D eigenvalue weighted by Crippen LogP contribution is -2.36. The van der Waals surface area contributed by atoms with Crippen molar-refractivity contribution in [3.05, 3.63) is 271 Å². The fraction of sp³-hybridized carbons (Fsp3) is 0.0625. The highest BCUT2D eigenvalue weighted by Gasteiger charge is 2.21. The molecule has 19 N–H and O–H groups in total. The Morgan fingerprint density at radius 1 is 0.360 bits per heavy atom. The van der Waals surface area contributed by atoms with Crippen molar-refractivity contribution < 1.29 is 43.7 Å². The summed E-state index contributed by atoms with van der Waals surface area (Å²) in [7, 11) is 1.67. The van der Waals surface area contributed by atoms with Crippen LogP contribution in [0.2, 0.25) is 0 Å². The molecule has 0 aliphatic carbocycles. The number of morpholine rings is 1. The molecule has 5 amide bonds. The van der Waals surface area contributed by atoms with Gasteiger partial charge in [-0.2, -0.15) is 0 Å². The Morgan fingerprint density at radius 2 is 0.694 bits per heavy atom. The number of rotatable bonds is 17. The van der Waals surface area contributed by atoms with E-state index in [1.807, 2.05) is 146 Å². The number of hydrogen-bond acceptors (Lipinski definition) is 26. The van der Waals surface area contributed by atoms with Crippen molar-refractivity contribution in [2.75, 3.05) is 70.6 Å². The number of nitrogens with two attached hydrogens (primary N) is 6. The number of primary amides is 5. The molecule has 111 heavy (non-hydrogen) atoms. The SMILES string of the molecule is CNc1nc2ccccc2nc1C(N)=O.NC(=O)c1nc2ccccc2nc1Nc1ccc(N2CCOCC2)c(N)c1.NC(=O)c1nc2ccccc2nc1Nc1ccc(O)cc1.NC(=O)c1nc2ccccc2nc1Nc1cccc(Oc2ccccc2)c1.NC(=O)c1nc2ccccc2nc1Nc1ccccc1O. The van der Waals surface area contributed by atoms with Gasteiger partial charge >= 0.3 is 0 Å². The van der Waals surface area contributed by atoms with E-state index < -0.39 is 29.5 Å². The highest BCUT2D eigenvalue weighted by Crippen LogP contribution is 2.33. The van der Waals surface area contributed by atoms with Gasteiger partial charge in [-0.1, -0.05) is 97.1 Å². The van der Waals surface area contributed by atoms with Gasteiger partial charge in [0.05, 0.1) is 85.4 Å². The van der Waals surface area contributed by atoms with Gasteiger partial charge in [0.1, 0.15) is 23.0 Å². The Hall–Kier alpha value is -15.8. The van der Waals surface area contributed by atoms with Crippen molar-refractivity contribution in [2.24, 2.45) is 28.7 Å². The summed E-state index contributed by atoms with van der Waals surface area (Å²) >= 11 is 0. The van der Waals surface area contributed by atoms with Crippen LogP contribution in [0.3, 0.4) is 0 Å². The number of aromatic hydroxyl groups is 2.